The van der Waals surface area contributed by atoms with E-state index in [1.54, 1.807) is 35.2 Å². The number of nitrogens with zero attached hydrogens (tertiary/aromatic N) is 2. The number of carbonyl (C=O) groups is 1. The molecule has 1 atom stereocenters. The van der Waals surface area contributed by atoms with E-state index in [4.69, 9.17) is 25.5 Å². The molecule has 0 saturated carbocycles. The Hall–Kier alpha value is -2.59. The topological polar surface area (TPSA) is 92.5 Å². The number of hydrogen-bond acceptors (Lipinski definition) is 7. The minimum atomic E-state index is -0.701. The molecule has 2 aliphatic rings. The number of methoxy groups -OCH3 is 1. The van der Waals surface area contributed by atoms with E-state index in [1.807, 2.05) is 0 Å². The Morgan fingerprint density at radius 1 is 1.17 bits per heavy atom. The van der Waals surface area contributed by atoms with Crippen LogP contribution in [-0.2, 0) is 4.74 Å². The van der Waals surface area contributed by atoms with Gasteiger partial charge >= 0.3 is 0 Å². The Morgan fingerprint density at radius 3 is 2.69 bits per heavy atom. The monoisotopic (exact) mass is 562 g/mol. The maximum absolute atomic E-state index is 13.7. The van der Waals surface area contributed by atoms with Crippen LogP contribution in [0.3, 0.4) is 0 Å². The molecule has 1 amide bonds. The second-order valence-electron chi connectivity index (χ2n) is 8.58. The fourth-order valence-corrected chi connectivity index (χ4v) is 5.40. The van der Waals surface area contributed by atoms with Gasteiger partial charge in [-0.05, 0) is 58.2 Å². The van der Waals surface area contributed by atoms with Crippen molar-refractivity contribution in [2.75, 3.05) is 46.5 Å². The quantitative estimate of drug-likeness (QED) is 0.481. The summed E-state index contributed by atoms with van der Waals surface area (Å²) in [5.74, 6) is -0.137. The highest BCUT2D eigenvalue weighted by atomic mass is 79.9. The first-order chi connectivity index (χ1) is 16.9. The van der Waals surface area contributed by atoms with Gasteiger partial charge in [-0.1, -0.05) is 11.6 Å². The molecule has 184 valence electrons. The van der Waals surface area contributed by atoms with Crippen LogP contribution >= 0.6 is 27.5 Å². The highest BCUT2D eigenvalue weighted by Gasteiger charge is 2.43. The minimum absolute atomic E-state index is 0.0318. The lowest BCUT2D eigenvalue weighted by Gasteiger charge is -2.29. The van der Waals surface area contributed by atoms with Crippen molar-refractivity contribution in [2.45, 2.75) is 12.5 Å². The van der Waals surface area contributed by atoms with Crippen molar-refractivity contribution in [1.82, 2.24) is 9.80 Å². The largest absolute Gasteiger partial charge is 0.503 e. The van der Waals surface area contributed by atoms with E-state index in [-0.39, 0.29) is 34.2 Å². The number of morpholine rings is 1. The maximum atomic E-state index is 13.7. The molecule has 2 aliphatic heterocycles. The van der Waals surface area contributed by atoms with Crippen LogP contribution in [0, 0.1) is 0 Å². The molecule has 0 aliphatic carbocycles. The van der Waals surface area contributed by atoms with Crippen LogP contribution in [0.5, 0.6) is 11.5 Å². The van der Waals surface area contributed by atoms with Crippen molar-refractivity contribution in [1.29, 1.82) is 0 Å². The van der Waals surface area contributed by atoms with Gasteiger partial charge in [0.2, 0.25) is 5.76 Å². The minimum Gasteiger partial charge on any atom is -0.503 e. The van der Waals surface area contributed by atoms with Crippen LogP contribution in [0.25, 0.3) is 11.0 Å². The number of halogens is 2. The smallest absolute Gasteiger partial charge is 0.290 e. The average Bonchev–Trinajstić information content (AvgIpc) is 3.14. The van der Waals surface area contributed by atoms with E-state index in [9.17, 15) is 14.7 Å². The van der Waals surface area contributed by atoms with Crippen molar-refractivity contribution in [3.05, 3.63) is 66.9 Å². The summed E-state index contributed by atoms with van der Waals surface area (Å²) in [6, 6.07) is 7.42. The van der Waals surface area contributed by atoms with E-state index in [0.717, 1.165) is 19.6 Å². The molecule has 10 heteroatoms. The standard InChI is InChI=1S/C25H24BrClN2O6/c1-33-19-12-14(11-17(26)23(19)31)21-20-22(30)16-13-15(27)3-4-18(16)35-24(20)25(32)29(21)6-2-5-28-7-9-34-10-8-28/h3-4,11-13,21,31H,2,5-10H2,1H3/t21-/m1/s1. The Labute approximate surface area is 215 Å². The summed E-state index contributed by atoms with van der Waals surface area (Å²) < 4.78 is 17.1. The van der Waals surface area contributed by atoms with E-state index in [0.29, 0.717) is 52.2 Å². The molecule has 5 rings (SSSR count). The highest BCUT2D eigenvalue weighted by molar-refractivity contribution is 9.10. The van der Waals surface area contributed by atoms with E-state index < -0.39 is 6.04 Å². The Bertz CT molecular complexity index is 1350. The molecule has 2 aromatic carbocycles. The molecule has 1 aromatic heterocycles. The number of hydrogen-bond donors (Lipinski definition) is 1. The number of phenolic OH excluding ortho intramolecular Hbond substituents is 1. The summed E-state index contributed by atoms with van der Waals surface area (Å²) >= 11 is 9.51. The van der Waals surface area contributed by atoms with Crippen LogP contribution in [0.15, 0.2) is 44.0 Å². The van der Waals surface area contributed by atoms with Gasteiger partial charge in [-0.3, -0.25) is 14.5 Å². The van der Waals surface area contributed by atoms with Crippen LogP contribution in [-0.4, -0.2) is 67.3 Å². The molecular formula is C25H24BrClN2O6. The summed E-state index contributed by atoms with van der Waals surface area (Å²) in [7, 11) is 1.45. The number of carbonyl (C=O) groups excluding carboxylic acids is 1. The van der Waals surface area contributed by atoms with Gasteiger partial charge in [0.05, 0.1) is 41.8 Å². The number of benzene rings is 2. The third-order valence-electron chi connectivity index (χ3n) is 6.49. The number of aromatic hydroxyl groups is 1. The maximum Gasteiger partial charge on any atom is 0.290 e. The predicted octanol–water partition coefficient (Wildman–Crippen LogP) is 4.19. The van der Waals surface area contributed by atoms with Gasteiger partial charge < -0.3 is 23.9 Å². The predicted molar refractivity (Wildman–Crippen MR) is 135 cm³/mol. The summed E-state index contributed by atoms with van der Waals surface area (Å²) in [5.41, 5.74) is 0.889. The van der Waals surface area contributed by atoms with Crippen molar-refractivity contribution in [2.24, 2.45) is 0 Å². The lowest BCUT2D eigenvalue weighted by Crippen LogP contribution is -2.38. The number of rotatable bonds is 6. The fourth-order valence-electron chi connectivity index (χ4n) is 4.77. The van der Waals surface area contributed by atoms with Crippen LogP contribution < -0.4 is 10.2 Å². The normalized spacial score (nSPS) is 18.3. The molecule has 1 fully saturated rings. The Kier molecular flexibility index (Phi) is 6.76. The van der Waals surface area contributed by atoms with E-state index in [2.05, 4.69) is 20.8 Å². The molecule has 35 heavy (non-hydrogen) atoms. The van der Waals surface area contributed by atoms with E-state index in [1.165, 1.54) is 7.11 Å². The van der Waals surface area contributed by atoms with Crippen LogP contribution in [0.1, 0.15) is 34.1 Å². The first kappa shape index (κ1) is 24.1. The number of ether oxygens (including phenoxy) is 2. The van der Waals surface area contributed by atoms with Crippen molar-refractivity contribution < 1.29 is 23.8 Å². The Morgan fingerprint density at radius 2 is 1.94 bits per heavy atom. The summed E-state index contributed by atoms with van der Waals surface area (Å²) in [6.07, 6.45) is 0.714. The molecule has 1 N–H and O–H groups in total. The van der Waals surface area contributed by atoms with Gasteiger partial charge in [-0.15, -0.1) is 0 Å². The number of phenols is 1. The number of fused-ring (bicyclic) bond motifs is 2. The number of amides is 1. The van der Waals surface area contributed by atoms with Crippen LogP contribution in [0.2, 0.25) is 5.02 Å². The second kappa shape index (κ2) is 9.81. The second-order valence-corrected chi connectivity index (χ2v) is 9.87. The van der Waals surface area contributed by atoms with Crippen molar-refractivity contribution in [3.8, 4) is 11.5 Å². The zero-order chi connectivity index (χ0) is 24.7. The zero-order valence-corrected chi connectivity index (χ0v) is 21.4. The summed E-state index contributed by atoms with van der Waals surface area (Å²) in [5, 5.41) is 11.0. The van der Waals surface area contributed by atoms with E-state index >= 15 is 0 Å². The first-order valence-corrected chi connectivity index (χ1v) is 12.5. The SMILES string of the molecule is COc1cc([C@@H]2c3c(oc4ccc(Cl)cc4c3=O)C(=O)N2CCCN2CCOCC2)cc(Br)c1O. The van der Waals surface area contributed by atoms with Gasteiger partial charge in [0.15, 0.2) is 16.9 Å². The van der Waals surface area contributed by atoms with Gasteiger partial charge in [-0.2, -0.15) is 0 Å². The lowest BCUT2D eigenvalue weighted by molar-refractivity contribution is 0.0353. The third kappa shape index (κ3) is 4.42. The summed E-state index contributed by atoms with van der Waals surface area (Å²) in [4.78, 5) is 31.2. The zero-order valence-electron chi connectivity index (χ0n) is 19.1. The molecule has 3 heterocycles. The van der Waals surface area contributed by atoms with Gasteiger partial charge in [0.1, 0.15) is 5.58 Å². The fraction of sp³-hybridized carbons (Fsp3) is 0.360. The first-order valence-electron chi connectivity index (χ1n) is 11.3. The molecule has 0 radical (unpaired) electrons. The van der Waals surface area contributed by atoms with Gasteiger partial charge in [0, 0.05) is 31.2 Å². The third-order valence-corrected chi connectivity index (χ3v) is 7.33. The lowest BCUT2D eigenvalue weighted by atomic mass is 9.98. The molecule has 0 unspecified atom stereocenters. The Balaban J connectivity index is 1.59. The molecule has 0 bridgehead atoms. The average molecular weight is 564 g/mol. The van der Waals surface area contributed by atoms with Crippen molar-refractivity contribution in [3.63, 3.8) is 0 Å². The molecule has 8 nitrogen and oxygen atoms in total. The molecule has 0 spiro atoms. The molecule has 1 saturated heterocycles. The van der Waals surface area contributed by atoms with Crippen LogP contribution in [0.4, 0.5) is 0 Å². The van der Waals surface area contributed by atoms with Gasteiger partial charge in [-0.25, -0.2) is 0 Å². The van der Waals surface area contributed by atoms with Gasteiger partial charge in [0.25, 0.3) is 5.91 Å². The summed E-state index contributed by atoms with van der Waals surface area (Å²) in [6.45, 7) is 4.33. The molecule has 3 aromatic rings. The van der Waals surface area contributed by atoms with Crippen molar-refractivity contribution >= 4 is 44.4 Å². The highest BCUT2D eigenvalue weighted by Crippen LogP contribution is 2.43. The molecular weight excluding hydrogens is 540 g/mol.